The molecule has 4 aromatic rings. The van der Waals surface area contributed by atoms with Crippen LogP contribution in [0.4, 0.5) is 11.5 Å². The Morgan fingerprint density at radius 3 is 2.58 bits per heavy atom. The highest BCUT2D eigenvalue weighted by Crippen LogP contribution is 2.33. The van der Waals surface area contributed by atoms with Gasteiger partial charge in [0.1, 0.15) is 5.82 Å². The maximum Gasteiger partial charge on any atom is 0.318 e. The molecular formula is C27H26ClN5O4S. The number of fused-ring (bicyclic) bond motifs is 1. The Morgan fingerprint density at radius 1 is 1.05 bits per heavy atom. The lowest BCUT2D eigenvalue weighted by atomic mass is 10.1. The van der Waals surface area contributed by atoms with Gasteiger partial charge in [-0.05, 0) is 67.3 Å². The van der Waals surface area contributed by atoms with Crippen LogP contribution in [0, 0.1) is 5.92 Å². The van der Waals surface area contributed by atoms with Crippen molar-refractivity contribution in [3.63, 3.8) is 0 Å². The third-order valence-corrected chi connectivity index (χ3v) is 8.80. The second kappa shape index (κ2) is 10.5. The predicted octanol–water partition coefficient (Wildman–Crippen LogP) is 4.90. The summed E-state index contributed by atoms with van der Waals surface area (Å²) in [6.45, 7) is 2.08. The summed E-state index contributed by atoms with van der Waals surface area (Å²) in [6.07, 6.45) is 4.01. The van der Waals surface area contributed by atoms with Crippen LogP contribution in [-0.2, 0) is 14.8 Å². The first-order valence-electron chi connectivity index (χ1n) is 12.5. The summed E-state index contributed by atoms with van der Waals surface area (Å²) >= 11 is 6.38. The standard InChI is InChI=1S/C27H26ClN5O4S/c28-23-2-1-11-29-25(23)19-5-10-22-24(16-19)31-27(37-17-18-3-4-18)32-26(22)30-20-6-8-21(9-7-20)38(34,35)33-12-14-36-15-13-33/h1-2,5-11,16,18H,3-4,12-15,17H2,(H,30,31,32). The van der Waals surface area contributed by atoms with Crippen molar-refractivity contribution in [3.05, 3.63) is 65.8 Å². The number of nitrogens with zero attached hydrogens (tertiary/aromatic N) is 4. The molecule has 1 N–H and O–H groups in total. The number of morpholine rings is 1. The Bertz CT molecular complexity index is 1570. The minimum atomic E-state index is -3.57. The number of ether oxygens (including phenoxy) is 2. The Morgan fingerprint density at radius 2 is 1.84 bits per heavy atom. The van der Waals surface area contributed by atoms with Crippen LogP contribution in [0.25, 0.3) is 22.2 Å². The van der Waals surface area contributed by atoms with Crippen LogP contribution in [-0.4, -0.2) is 60.6 Å². The molecule has 0 radical (unpaired) electrons. The molecule has 0 unspecified atom stereocenters. The number of rotatable bonds is 8. The van der Waals surface area contributed by atoms with E-state index in [0.29, 0.717) is 66.6 Å². The normalized spacial score (nSPS) is 16.4. The Balaban J connectivity index is 1.32. The first-order chi connectivity index (χ1) is 18.5. The van der Waals surface area contributed by atoms with Gasteiger partial charge in [-0.15, -0.1) is 0 Å². The molecule has 0 atom stereocenters. The van der Waals surface area contributed by atoms with Gasteiger partial charge in [-0.3, -0.25) is 4.98 Å². The minimum Gasteiger partial charge on any atom is -0.463 e. The van der Waals surface area contributed by atoms with E-state index in [1.165, 1.54) is 4.31 Å². The zero-order valence-electron chi connectivity index (χ0n) is 20.5. The first-order valence-corrected chi connectivity index (χ1v) is 14.3. The summed E-state index contributed by atoms with van der Waals surface area (Å²) in [5.74, 6) is 1.11. The molecule has 11 heteroatoms. The van der Waals surface area contributed by atoms with Gasteiger partial charge in [0.15, 0.2) is 0 Å². The molecule has 6 rings (SSSR count). The number of benzene rings is 2. The van der Waals surface area contributed by atoms with Gasteiger partial charge in [0.2, 0.25) is 10.0 Å². The molecule has 1 saturated heterocycles. The minimum absolute atomic E-state index is 0.239. The highest BCUT2D eigenvalue weighted by atomic mass is 35.5. The van der Waals surface area contributed by atoms with Crippen molar-refractivity contribution < 1.29 is 17.9 Å². The number of pyridine rings is 1. The van der Waals surface area contributed by atoms with Crippen molar-refractivity contribution in [2.24, 2.45) is 5.92 Å². The molecule has 2 aromatic carbocycles. The number of halogens is 1. The zero-order chi connectivity index (χ0) is 26.1. The maximum atomic E-state index is 13.0. The van der Waals surface area contributed by atoms with Crippen LogP contribution in [0.3, 0.4) is 0 Å². The van der Waals surface area contributed by atoms with E-state index in [4.69, 9.17) is 21.1 Å². The van der Waals surface area contributed by atoms with E-state index in [2.05, 4.69) is 20.3 Å². The van der Waals surface area contributed by atoms with E-state index < -0.39 is 10.0 Å². The Hall–Kier alpha value is -3.31. The summed E-state index contributed by atoms with van der Waals surface area (Å²) in [4.78, 5) is 13.9. The average Bonchev–Trinajstić information content (AvgIpc) is 3.77. The van der Waals surface area contributed by atoms with Gasteiger partial charge in [0.25, 0.3) is 0 Å². The van der Waals surface area contributed by atoms with Crippen molar-refractivity contribution in [1.29, 1.82) is 0 Å². The molecule has 0 bridgehead atoms. The van der Waals surface area contributed by atoms with E-state index in [-0.39, 0.29) is 10.9 Å². The molecule has 0 amide bonds. The summed E-state index contributed by atoms with van der Waals surface area (Å²) in [7, 11) is -3.57. The lowest BCUT2D eigenvalue weighted by Crippen LogP contribution is -2.40. The Kier molecular flexibility index (Phi) is 6.87. The topological polar surface area (TPSA) is 107 Å². The monoisotopic (exact) mass is 551 g/mol. The third kappa shape index (κ3) is 5.30. The van der Waals surface area contributed by atoms with Gasteiger partial charge in [-0.25, -0.2) is 8.42 Å². The largest absolute Gasteiger partial charge is 0.463 e. The molecule has 38 heavy (non-hydrogen) atoms. The quantitative estimate of drug-likeness (QED) is 0.329. The van der Waals surface area contributed by atoms with Crippen molar-refractivity contribution in [1.82, 2.24) is 19.3 Å². The molecule has 1 aliphatic heterocycles. The van der Waals surface area contributed by atoms with E-state index in [0.717, 1.165) is 23.8 Å². The van der Waals surface area contributed by atoms with Gasteiger partial charge >= 0.3 is 6.01 Å². The van der Waals surface area contributed by atoms with Gasteiger partial charge < -0.3 is 14.8 Å². The number of hydrogen-bond acceptors (Lipinski definition) is 8. The lowest BCUT2D eigenvalue weighted by Gasteiger charge is -2.26. The van der Waals surface area contributed by atoms with Crippen LogP contribution in [0.2, 0.25) is 5.02 Å². The Labute approximate surface area is 225 Å². The summed E-state index contributed by atoms with van der Waals surface area (Å²) < 4.78 is 38.6. The van der Waals surface area contributed by atoms with E-state index in [1.807, 2.05) is 18.2 Å². The van der Waals surface area contributed by atoms with Crippen molar-refractivity contribution in [3.8, 4) is 17.3 Å². The second-order valence-electron chi connectivity index (χ2n) is 9.34. The fourth-order valence-corrected chi connectivity index (χ4v) is 5.91. The molecule has 3 heterocycles. The number of sulfonamides is 1. The average molecular weight is 552 g/mol. The fraction of sp³-hybridized carbons (Fsp3) is 0.296. The summed E-state index contributed by atoms with van der Waals surface area (Å²) in [5, 5.41) is 4.65. The predicted molar refractivity (Wildman–Crippen MR) is 145 cm³/mol. The molecule has 2 aliphatic rings. The summed E-state index contributed by atoms with van der Waals surface area (Å²) in [5.41, 5.74) is 2.87. The van der Waals surface area contributed by atoms with Gasteiger partial charge in [-0.2, -0.15) is 14.3 Å². The smallest absolute Gasteiger partial charge is 0.318 e. The molecule has 2 fully saturated rings. The zero-order valence-corrected chi connectivity index (χ0v) is 22.1. The van der Waals surface area contributed by atoms with E-state index >= 15 is 0 Å². The van der Waals surface area contributed by atoms with Crippen LogP contribution in [0.5, 0.6) is 6.01 Å². The van der Waals surface area contributed by atoms with Crippen LogP contribution < -0.4 is 10.1 Å². The number of aromatic nitrogens is 3. The highest BCUT2D eigenvalue weighted by molar-refractivity contribution is 7.89. The molecule has 2 aromatic heterocycles. The molecule has 0 spiro atoms. The SMILES string of the molecule is O=S(=O)(c1ccc(Nc2nc(OCC3CC3)nc3cc(-c4ncccc4Cl)ccc23)cc1)N1CCOCC1. The summed E-state index contributed by atoms with van der Waals surface area (Å²) in [6, 6.07) is 16.3. The van der Waals surface area contributed by atoms with Crippen molar-refractivity contribution in [2.75, 3.05) is 38.2 Å². The second-order valence-corrected chi connectivity index (χ2v) is 11.7. The molecule has 1 saturated carbocycles. The number of anilines is 2. The molecular weight excluding hydrogens is 526 g/mol. The van der Waals surface area contributed by atoms with Gasteiger partial charge in [0.05, 0.1) is 40.9 Å². The molecule has 1 aliphatic carbocycles. The highest BCUT2D eigenvalue weighted by Gasteiger charge is 2.26. The van der Waals surface area contributed by atoms with Gasteiger partial charge in [0, 0.05) is 35.9 Å². The fourth-order valence-electron chi connectivity index (χ4n) is 4.27. The van der Waals surface area contributed by atoms with Gasteiger partial charge in [-0.1, -0.05) is 17.7 Å². The number of hydrogen-bond donors (Lipinski definition) is 1. The van der Waals surface area contributed by atoms with Crippen molar-refractivity contribution >= 4 is 44.0 Å². The number of nitrogens with one attached hydrogen (secondary N) is 1. The molecule has 196 valence electrons. The lowest BCUT2D eigenvalue weighted by molar-refractivity contribution is 0.0730. The third-order valence-electron chi connectivity index (χ3n) is 6.58. The van der Waals surface area contributed by atoms with E-state index in [1.54, 1.807) is 42.6 Å². The molecule has 9 nitrogen and oxygen atoms in total. The van der Waals surface area contributed by atoms with Crippen LogP contribution >= 0.6 is 11.6 Å². The van der Waals surface area contributed by atoms with Crippen LogP contribution in [0.1, 0.15) is 12.8 Å². The first kappa shape index (κ1) is 25.0. The van der Waals surface area contributed by atoms with E-state index in [9.17, 15) is 8.42 Å². The van der Waals surface area contributed by atoms with Crippen LogP contribution in [0.15, 0.2) is 65.7 Å². The van der Waals surface area contributed by atoms with Crippen molar-refractivity contribution in [2.45, 2.75) is 17.7 Å². The maximum absolute atomic E-state index is 13.0.